The van der Waals surface area contributed by atoms with Crippen LogP contribution >= 0.6 is 11.6 Å². The van der Waals surface area contributed by atoms with E-state index in [0.717, 1.165) is 17.4 Å². The highest BCUT2D eigenvalue weighted by Gasteiger charge is 2.12. The Labute approximate surface area is 98.8 Å². The molecule has 0 saturated carbocycles. The highest BCUT2D eigenvalue weighted by Crippen LogP contribution is 2.33. The number of benzene rings is 1. The molecule has 2 rings (SSSR count). The predicted octanol–water partition coefficient (Wildman–Crippen LogP) is 2.93. The second-order valence-corrected chi connectivity index (χ2v) is 4.46. The zero-order chi connectivity index (χ0) is 11.7. The summed E-state index contributed by atoms with van der Waals surface area (Å²) >= 11 is 5.74. The standard InChI is InChI=1S/C12H14ClNO2/c1-7(6-14)4-8-2-3-9-5-10(13)16-12(9)11(8)15/h2-3,5,7,15H,4,6,14H2,1H3. The third kappa shape index (κ3) is 2.01. The first kappa shape index (κ1) is 11.3. The number of phenolic OH excluding ortho intramolecular Hbond substituents is 1. The lowest BCUT2D eigenvalue weighted by molar-refractivity contribution is 0.452. The van der Waals surface area contributed by atoms with Gasteiger partial charge in [0, 0.05) is 11.5 Å². The number of rotatable bonds is 3. The molecule has 1 atom stereocenters. The number of fused-ring (bicyclic) bond motifs is 1. The van der Waals surface area contributed by atoms with Gasteiger partial charge in [-0.05, 0) is 36.0 Å². The molecule has 1 unspecified atom stereocenters. The van der Waals surface area contributed by atoms with Crippen molar-refractivity contribution in [3.05, 3.63) is 29.0 Å². The number of nitrogens with two attached hydrogens (primary N) is 1. The summed E-state index contributed by atoms with van der Waals surface area (Å²) in [5.41, 5.74) is 6.86. The summed E-state index contributed by atoms with van der Waals surface area (Å²) in [7, 11) is 0. The average Bonchev–Trinajstić information content (AvgIpc) is 2.64. The van der Waals surface area contributed by atoms with Crippen LogP contribution < -0.4 is 5.73 Å². The Morgan fingerprint density at radius 3 is 2.94 bits per heavy atom. The van der Waals surface area contributed by atoms with E-state index in [0.29, 0.717) is 18.0 Å². The first-order valence-corrected chi connectivity index (χ1v) is 5.59. The molecule has 1 aromatic heterocycles. The molecule has 0 radical (unpaired) electrons. The third-order valence-corrected chi connectivity index (χ3v) is 2.87. The van der Waals surface area contributed by atoms with Crippen molar-refractivity contribution < 1.29 is 9.52 Å². The molecule has 0 aliphatic heterocycles. The molecule has 16 heavy (non-hydrogen) atoms. The van der Waals surface area contributed by atoms with Crippen LogP contribution in [-0.2, 0) is 6.42 Å². The van der Waals surface area contributed by atoms with Gasteiger partial charge in [0.25, 0.3) is 0 Å². The van der Waals surface area contributed by atoms with E-state index in [4.69, 9.17) is 21.8 Å². The van der Waals surface area contributed by atoms with Crippen LogP contribution in [0.5, 0.6) is 5.75 Å². The first-order chi connectivity index (χ1) is 7.61. The van der Waals surface area contributed by atoms with E-state index in [-0.39, 0.29) is 11.0 Å². The number of hydrogen-bond donors (Lipinski definition) is 2. The van der Waals surface area contributed by atoms with E-state index in [1.54, 1.807) is 6.07 Å². The Kier molecular flexibility index (Phi) is 3.08. The summed E-state index contributed by atoms with van der Waals surface area (Å²) in [4.78, 5) is 0. The molecule has 0 fully saturated rings. The van der Waals surface area contributed by atoms with Crippen LogP contribution in [0.3, 0.4) is 0 Å². The summed E-state index contributed by atoms with van der Waals surface area (Å²) < 4.78 is 5.24. The summed E-state index contributed by atoms with van der Waals surface area (Å²) in [5.74, 6) is 0.499. The Balaban J connectivity index is 2.43. The maximum atomic E-state index is 10.0. The smallest absolute Gasteiger partial charge is 0.194 e. The van der Waals surface area contributed by atoms with Crippen molar-refractivity contribution in [2.24, 2.45) is 11.7 Å². The van der Waals surface area contributed by atoms with Crippen molar-refractivity contribution in [2.45, 2.75) is 13.3 Å². The molecule has 0 aliphatic carbocycles. The maximum Gasteiger partial charge on any atom is 0.194 e. The van der Waals surface area contributed by atoms with Crippen LogP contribution in [0.2, 0.25) is 5.22 Å². The Bertz CT molecular complexity index is 507. The summed E-state index contributed by atoms with van der Waals surface area (Å²) in [5, 5.41) is 11.1. The van der Waals surface area contributed by atoms with Gasteiger partial charge >= 0.3 is 0 Å². The molecule has 86 valence electrons. The van der Waals surface area contributed by atoms with Crippen molar-refractivity contribution in [3.8, 4) is 5.75 Å². The van der Waals surface area contributed by atoms with E-state index >= 15 is 0 Å². The lowest BCUT2D eigenvalue weighted by atomic mass is 10.00. The van der Waals surface area contributed by atoms with Crippen LogP contribution in [0.4, 0.5) is 0 Å². The van der Waals surface area contributed by atoms with Crippen LogP contribution in [0.1, 0.15) is 12.5 Å². The monoisotopic (exact) mass is 239 g/mol. The fourth-order valence-electron chi connectivity index (χ4n) is 1.72. The van der Waals surface area contributed by atoms with Gasteiger partial charge in [-0.25, -0.2) is 0 Å². The van der Waals surface area contributed by atoms with Crippen LogP contribution in [-0.4, -0.2) is 11.7 Å². The van der Waals surface area contributed by atoms with Gasteiger partial charge in [0.05, 0.1) is 0 Å². The molecule has 0 spiro atoms. The lowest BCUT2D eigenvalue weighted by Crippen LogP contribution is -2.13. The molecule has 3 nitrogen and oxygen atoms in total. The van der Waals surface area contributed by atoms with Gasteiger partial charge in [0.1, 0.15) is 0 Å². The van der Waals surface area contributed by atoms with Gasteiger partial charge in [-0.3, -0.25) is 0 Å². The summed E-state index contributed by atoms with van der Waals surface area (Å²) in [6, 6.07) is 5.46. The topological polar surface area (TPSA) is 59.4 Å². The Hall–Kier alpha value is -1.19. The van der Waals surface area contributed by atoms with Gasteiger partial charge in [-0.1, -0.05) is 19.1 Å². The molecular formula is C12H14ClNO2. The normalized spacial score (nSPS) is 13.2. The minimum atomic E-state index is 0.171. The highest BCUT2D eigenvalue weighted by atomic mass is 35.5. The second kappa shape index (κ2) is 4.36. The molecule has 0 bridgehead atoms. The van der Waals surface area contributed by atoms with E-state index in [1.807, 2.05) is 19.1 Å². The SMILES string of the molecule is CC(CN)Cc1ccc2cc(Cl)oc2c1O. The molecular weight excluding hydrogens is 226 g/mol. The average molecular weight is 240 g/mol. The molecule has 1 aromatic carbocycles. The molecule has 0 amide bonds. The first-order valence-electron chi connectivity index (χ1n) is 5.21. The number of halogens is 1. The van der Waals surface area contributed by atoms with E-state index in [1.165, 1.54) is 0 Å². The Morgan fingerprint density at radius 2 is 2.25 bits per heavy atom. The third-order valence-electron chi connectivity index (χ3n) is 2.68. The van der Waals surface area contributed by atoms with Crippen molar-refractivity contribution in [3.63, 3.8) is 0 Å². The van der Waals surface area contributed by atoms with Crippen molar-refractivity contribution in [1.29, 1.82) is 0 Å². The van der Waals surface area contributed by atoms with Crippen molar-refractivity contribution in [1.82, 2.24) is 0 Å². The predicted molar refractivity (Wildman–Crippen MR) is 64.8 cm³/mol. The van der Waals surface area contributed by atoms with Crippen molar-refractivity contribution >= 4 is 22.6 Å². The lowest BCUT2D eigenvalue weighted by Gasteiger charge is -2.09. The van der Waals surface area contributed by atoms with Gasteiger partial charge in [-0.15, -0.1) is 0 Å². The van der Waals surface area contributed by atoms with Gasteiger partial charge < -0.3 is 15.3 Å². The minimum Gasteiger partial charge on any atom is -0.504 e. The number of hydrogen-bond acceptors (Lipinski definition) is 3. The van der Waals surface area contributed by atoms with E-state index < -0.39 is 0 Å². The van der Waals surface area contributed by atoms with E-state index in [9.17, 15) is 5.11 Å². The van der Waals surface area contributed by atoms with Gasteiger partial charge in [0.2, 0.25) is 0 Å². The number of phenols is 1. The molecule has 4 heteroatoms. The summed E-state index contributed by atoms with van der Waals surface area (Å²) in [6.07, 6.45) is 0.733. The van der Waals surface area contributed by atoms with E-state index in [2.05, 4.69) is 0 Å². The molecule has 0 saturated heterocycles. The molecule has 0 aliphatic rings. The van der Waals surface area contributed by atoms with Crippen LogP contribution in [0, 0.1) is 5.92 Å². The van der Waals surface area contributed by atoms with Crippen molar-refractivity contribution in [2.75, 3.05) is 6.54 Å². The zero-order valence-electron chi connectivity index (χ0n) is 9.03. The molecule has 1 heterocycles. The van der Waals surface area contributed by atoms with Crippen LogP contribution in [0.15, 0.2) is 22.6 Å². The number of aromatic hydroxyl groups is 1. The van der Waals surface area contributed by atoms with Crippen LogP contribution in [0.25, 0.3) is 11.0 Å². The minimum absolute atomic E-state index is 0.171. The largest absolute Gasteiger partial charge is 0.504 e. The highest BCUT2D eigenvalue weighted by molar-refractivity contribution is 6.29. The zero-order valence-corrected chi connectivity index (χ0v) is 9.79. The fraction of sp³-hybridized carbons (Fsp3) is 0.333. The molecule has 3 N–H and O–H groups in total. The maximum absolute atomic E-state index is 10.0. The van der Waals surface area contributed by atoms with Gasteiger partial charge in [-0.2, -0.15) is 0 Å². The quantitative estimate of drug-likeness (QED) is 0.866. The Morgan fingerprint density at radius 1 is 1.50 bits per heavy atom. The number of furan rings is 1. The molecule has 2 aromatic rings. The van der Waals surface area contributed by atoms with Gasteiger partial charge in [0.15, 0.2) is 16.6 Å². The fourth-order valence-corrected chi connectivity index (χ4v) is 1.92. The summed E-state index contributed by atoms with van der Waals surface area (Å²) in [6.45, 7) is 2.63. The second-order valence-electron chi connectivity index (χ2n) is 4.09.